The number of nitriles is 4. The smallest absolute Gasteiger partial charge is 0.313 e. The maximum Gasteiger partial charge on any atom is 0.313 e. The molecule has 9 heterocycles. The summed E-state index contributed by atoms with van der Waals surface area (Å²) in [6, 6.07) is 53.5. The number of esters is 1. The standard InChI is InChI=1S/C18H12N6OS2.C10H6N2OS2.C9H10O3S.2C8H7BrN4.C8H8N4.C3H4N2S.C2H3N.CH4/c19-9-14-13(15-5-2-6-26-15)8-16(25)20-18(14)27-10-11-3-1-4-12(7-11)17-21-23-24-22-17;11-5-7-6(8-2-1-3-15-8)4-9(13)12-10(7)14;1-2-12-9(11)6-7(10)8-4-3-5-13-8;2*9-5-6-2-1-3-7(4-6)8-10-12-13-11-8;1-6-3-2-4-7(5-6)8-9-11-12-10-8;4-2-1-3(5)6;1-2-3;/h1-8H,10H2,(H,20,25)(H,21,22,23,24);1-4H,(H2,12,13,14);3-5H,2,6H2,1H3;2*1-4H,5H2,(H,10,11,12,13);2-5H,1H3,(H,9,10,11,12);1H2,(H2,5,6);1H3;1H4. The largest absolute Gasteiger partial charge is 0.466 e. The van der Waals surface area contributed by atoms with Crippen LogP contribution in [0.2, 0.25) is 0 Å². The molecule has 0 saturated heterocycles. The number of nitrogens with one attached hydrogen (secondary N) is 6. The van der Waals surface area contributed by atoms with Crippen molar-refractivity contribution in [1.82, 2.24) is 92.5 Å². The maximum absolute atomic E-state index is 12.1. The number of aromatic amines is 6. The predicted octanol–water partition coefficient (Wildman–Crippen LogP) is 13.6. The second kappa shape index (κ2) is 45.5. The van der Waals surface area contributed by atoms with E-state index in [2.05, 4.69) is 160 Å². The molecule has 0 bridgehead atoms. The van der Waals surface area contributed by atoms with Gasteiger partial charge in [-0.3, -0.25) is 19.2 Å². The molecule has 36 heteroatoms. The first-order valence-electron chi connectivity index (χ1n) is 29.4. The van der Waals surface area contributed by atoms with E-state index < -0.39 is 5.97 Å². The minimum absolute atomic E-state index is 0. The summed E-state index contributed by atoms with van der Waals surface area (Å²) in [6.45, 7) is 5.49. The fourth-order valence-electron chi connectivity index (χ4n) is 8.08. The summed E-state index contributed by atoms with van der Waals surface area (Å²) in [7, 11) is 0. The van der Waals surface area contributed by atoms with Crippen LogP contribution in [0, 0.1) is 52.2 Å². The molecular weight excluding hydrogens is 1560 g/mol. The molecule has 0 radical (unpaired) electrons. The molecule has 28 nitrogen and oxygen atoms in total. The summed E-state index contributed by atoms with van der Waals surface area (Å²) >= 11 is 20.9. The average Bonchev–Trinajstić information content (AvgIpc) is 1.13. The second-order valence-corrected chi connectivity index (χ2v) is 25.5. The highest BCUT2D eigenvalue weighted by Gasteiger charge is 2.16. The Morgan fingerprint density at radius 2 is 1.03 bits per heavy atom. The number of hydrogen-bond acceptors (Lipinski definition) is 27. The van der Waals surface area contributed by atoms with Crippen LogP contribution in [0.25, 0.3) is 66.4 Å². The summed E-state index contributed by atoms with van der Waals surface area (Å²) in [5.41, 5.74) is 15.0. The zero-order chi connectivity index (χ0) is 73.4. The number of H-pyrrole nitrogens is 6. The SMILES string of the molecule is BrCc1cccc(-c2nn[nH]n2)c1.BrCc1cccc(-c2nn[nH]n2)c1.C.CC#N.CCOC(=O)CC(=O)c1cccs1.Cc1cccc(-c2nn[nH]n2)c1.N#CCC(N)=S.N#Cc1c(-c2cccs2)cc(=O)[nH]c1S.N#Cc1c(-c2cccs2)cc(=O)[nH]c1SCc1cccc(-c2nn[nH]n2)c1. The number of thiophene rings is 3. The summed E-state index contributed by atoms with van der Waals surface area (Å²) in [6.07, 6.45) is 0.0314. The van der Waals surface area contributed by atoms with Crippen LogP contribution in [0.15, 0.2) is 181 Å². The molecule has 0 saturated carbocycles. The highest BCUT2D eigenvalue weighted by atomic mass is 79.9. The van der Waals surface area contributed by atoms with Gasteiger partial charge in [0.25, 0.3) is 0 Å². The summed E-state index contributed by atoms with van der Waals surface area (Å²) in [4.78, 5) is 53.5. The first-order valence-corrected chi connectivity index (χ1v) is 36.1. The molecule has 8 N–H and O–H groups in total. The monoisotopic (exact) mass is 1620 g/mol. The third kappa shape index (κ3) is 27.7. The number of thiol groups is 1. The van der Waals surface area contributed by atoms with Crippen molar-refractivity contribution in [3.63, 3.8) is 0 Å². The lowest BCUT2D eigenvalue weighted by molar-refractivity contribution is -0.141. The molecule has 0 aliphatic carbocycles. The van der Waals surface area contributed by atoms with Gasteiger partial charge in [0.05, 0.1) is 56.2 Å². The molecule has 0 fully saturated rings. The number of thiocarbonyl (C=S) groups is 1. The van der Waals surface area contributed by atoms with E-state index in [1.807, 2.05) is 145 Å². The second-order valence-electron chi connectivity index (χ2n) is 19.6. The van der Waals surface area contributed by atoms with Crippen molar-refractivity contribution in [2.45, 2.75) is 67.5 Å². The Hall–Kier alpha value is -11.2. The number of tetrazole rings is 4. The Morgan fingerprint density at radius 1 is 0.602 bits per heavy atom. The fraction of sp³-hybridized carbons (Fsp3) is 0.149. The fourth-order valence-corrected chi connectivity index (χ4v) is 12.2. The molecule has 13 aromatic rings. The Kier molecular flexibility index (Phi) is 36.5. The van der Waals surface area contributed by atoms with Gasteiger partial charge < -0.3 is 20.4 Å². The number of ketones is 1. The topological polar surface area (TPSA) is 448 Å². The summed E-state index contributed by atoms with van der Waals surface area (Å²) in [5.74, 6) is 2.37. The van der Waals surface area contributed by atoms with Crippen LogP contribution in [0.1, 0.15) is 77.2 Å². The van der Waals surface area contributed by atoms with Crippen LogP contribution >= 0.6 is 102 Å². The van der Waals surface area contributed by atoms with E-state index in [9.17, 15) is 24.4 Å². The molecule has 0 atom stereocenters. The van der Waals surface area contributed by atoms with Gasteiger partial charge >= 0.3 is 5.97 Å². The van der Waals surface area contributed by atoms with Crippen molar-refractivity contribution >= 4 is 119 Å². The number of nitrogens with two attached hydrogens (primary N) is 1. The number of halogens is 2. The molecule has 9 aromatic heterocycles. The number of ether oxygens (including phenoxy) is 1. The van der Waals surface area contributed by atoms with E-state index in [1.54, 1.807) is 36.6 Å². The molecular formula is C67H61Br2N23O5S6. The first-order chi connectivity index (χ1) is 49.5. The minimum atomic E-state index is -0.457. The Bertz CT molecular complexity index is 4920. The van der Waals surface area contributed by atoms with Crippen LogP contribution in [0.4, 0.5) is 0 Å². The molecule has 13 rings (SSSR count). The van der Waals surface area contributed by atoms with Gasteiger partial charge in [-0.15, -0.1) is 99.2 Å². The maximum atomic E-state index is 12.1. The van der Waals surface area contributed by atoms with Crippen LogP contribution in [-0.4, -0.2) is 116 Å². The van der Waals surface area contributed by atoms with Gasteiger partial charge in [-0.05, 0) is 110 Å². The van der Waals surface area contributed by atoms with Gasteiger partial charge in [0.2, 0.25) is 34.4 Å². The number of thioether (sulfide) groups is 1. The van der Waals surface area contributed by atoms with Crippen LogP contribution in [0.5, 0.6) is 0 Å². The molecule has 0 spiro atoms. The highest BCUT2D eigenvalue weighted by Crippen LogP contribution is 2.34. The molecule has 4 aromatic carbocycles. The number of rotatable bonds is 16. The number of aryl methyl sites for hydroxylation is 1. The molecule has 524 valence electrons. The number of carbonyl (C=O) groups is 2. The molecule has 103 heavy (non-hydrogen) atoms. The predicted molar refractivity (Wildman–Crippen MR) is 410 cm³/mol. The van der Waals surface area contributed by atoms with Crippen LogP contribution < -0.4 is 16.9 Å². The van der Waals surface area contributed by atoms with Gasteiger partial charge in [0, 0.05) is 78.6 Å². The molecule has 0 aliphatic heterocycles. The molecule has 0 amide bonds. The number of pyridine rings is 2. The van der Waals surface area contributed by atoms with Crippen molar-refractivity contribution in [3.8, 4) is 90.7 Å². The van der Waals surface area contributed by atoms with Crippen molar-refractivity contribution in [2.75, 3.05) is 6.61 Å². The first kappa shape index (κ1) is 82.5. The lowest BCUT2D eigenvalue weighted by Gasteiger charge is -2.08. The van der Waals surface area contributed by atoms with Crippen LogP contribution in [-0.2, 0) is 25.9 Å². The van der Waals surface area contributed by atoms with E-state index in [0.29, 0.717) is 72.8 Å². The van der Waals surface area contributed by atoms with Crippen molar-refractivity contribution < 1.29 is 14.3 Å². The number of aromatic nitrogens is 18. The van der Waals surface area contributed by atoms with E-state index in [4.69, 9.17) is 21.5 Å². The number of carbonyl (C=O) groups excluding carboxylic acids is 2. The zero-order valence-electron chi connectivity index (χ0n) is 53.8. The number of Topliss-reactive ketones (excluding diaryl/α,β-unsaturated/α-hetero) is 1. The third-order valence-electron chi connectivity index (χ3n) is 12.4. The lowest BCUT2D eigenvalue weighted by Crippen LogP contribution is -2.10. The quantitative estimate of drug-likeness (QED) is 0.00847. The minimum Gasteiger partial charge on any atom is -0.466 e. The Labute approximate surface area is 633 Å². The van der Waals surface area contributed by atoms with Gasteiger partial charge in [-0.2, -0.15) is 41.9 Å². The van der Waals surface area contributed by atoms with Gasteiger partial charge in [0.15, 0.2) is 5.78 Å². The van der Waals surface area contributed by atoms with E-state index in [-0.39, 0.29) is 42.2 Å². The number of alkyl halides is 2. The van der Waals surface area contributed by atoms with E-state index >= 15 is 0 Å². The lowest BCUT2D eigenvalue weighted by atomic mass is 10.1. The molecule has 0 aliphatic rings. The average molecular weight is 1620 g/mol. The van der Waals surface area contributed by atoms with Crippen molar-refractivity contribution in [1.29, 1.82) is 21.0 Å². The Balaban J connectivity index is 0.000000222. The summed E-state index contributed by atoms with van der Waals surface area (Å²) in [5, 5.41) is 97.0. The summed E-state index contributed by atoms with van der Waals surface area (Å²) < 4.78 is 4.66. The van der Waals surface area contributed by atoms with E-state index in [1.165, 1.54) is 81.5 Å². The highest BCUT2D eigenvalue weighted by molar-refractivity contribution is 9.08. The van der Waals surface area contributed by atoms with Crippen molar-refractivity contribution in [3.05, 3.63) is 221 Å². The normalized spacial score (nSPS) is 9.65. The Morgan fingerprint density at radius 3 is 1.41 bits per heavy atom. The number of benzene rings is 4. The van der Waals surface area contributed by atoms with Gasteiger partial charge in [-0.25, -0.2) is 0 Å². The zero-order valence-corrected chi connectivity index (χ0v) is 62.0. The van der Waals surface area contributed by atoms with Gasteiger partial charge in [-0.1, -0.05) is 148 Å². The number of hydrogen-bond donors (Lipinski definition) is 8. The van der Waals surface area contributed by atoms with Crippen LogP contribution in [0.3, 0.4) is 0 Å². The number of nitrogens with zero attached hydrogens (tertiary/aromatic N) is 16. The third-order valence-corrected chi connectivity index (χ3v) is 18.0. The molecule has 0 unspecified atom stereocenters. The van der Waals surface area contributed by atoms with Crippen molar-refractivity contribution in [2.24, 2.45) is 5.73 Å². The van der Waals surface area contributed by atoms with Gasteiger partial charge in [0.1, 0.15) is 18.6 Å². The van der Waals surface area contributed by atoms with E-state index in [0.717, 1.165) is 48.2 Å².